The number of aryl methyl sites for hydroxylation is 1. The Balaban J connectivity index is 2.49. The summed E-state index contributed by atoms with van der Waals surface area (Å²) >= 11 is 11.8. The third-order valence-electron chi connectivity index (χ3n) is 2.75. The fourth-order valence-corrected chi connectivity index (χ4v) is 3.51. The van der Waals surface area contributed by atoms with Crippen molar-refractivity contribution in [2.45, 2.75) is 11.8 Å². The first-order chi connectivity index (χ1) is 9.22. The number of hydrogen-bond acceptors (Lipinski definition) is 4. The zero-order chi connectivity index (χ0) is 15.1. The molecule has 0 aliphatic rings. The Morgan fingerprint density at radius 1 is 1.35 bits per heavy atom. The van der Waals surface area contributed by atoms with Crippen LogP contribution in [0.15, 0.2) is 23.1 Å². The van der Waals surface area contributed by atoms with Crippen LogP contribution < -0.4 is 10.5 Å². The Labute approximate surface area is 126 Å². The van der Waals surface area contributed by atoms with E-state index in [1.54, 1.807) is 20.0 Å². The molecule has 0 fully saturated rings. The second kappa shape index (κ2) is 5.16. The van der Waals surface area contributed by atoms with E-state index in [0.717, 1.165) is 0 Å². The highest BCUT2D eigenvalue weighted by Gasteiger charge is 2.25. The van der Waals surface area contributed by atoms with Gasteiger partial charge in [0.15, 0.2) is 10.7 Å². The number of hydrogen-bond donors (Lipinski definition) is 2. The molecule has 2 rings (SSSR count). The summed E-state index contributed by atoms with van der Waals surface area (Å²) in [5.74, 6) is -0.0735. The molecule has 0 unspecified atom stereocenters. The molecule has 2 aromatic rings. The molecule has 20 heavy (non-hydrogen) atoms. The van der Waals surface area contributed by atoms with Crippen LogP contribution in [0.4, 0.5) is 11.5 Å². The number of nitrogen functional groups attached to an aromatic ring is 1. The summed E-state index contributed by atoms with van der Waals surface area (Å²) in [6.45, 7) is 1.61. The van der Waals surface area contributed by atoms with Gasteiger partial charge in [0.2, 0.25) is 0 Å². The topological polar surface area (TPSA) is 90.0 Å². The molecule has 0 aliphatic carbocycles. The van der Waals surface area contributed by atoms with Gasteiger partial charge in [-0.15, -0.1) is 0 Å². The van der Waals surface area contributed by atoms with Crippen molar-refractivity contribution >= 4 is 44.7 Å². The molecule has 6 nitrogen and oxygen atoms in total. The van der Waals surface area contributed by atoms with Crippen LogP contribution >= 0.6 is 23.2 Å². The van der Waals surface area contributed by atoms with Crippen LogP contribution in [0.25, 0.3) is 0 Å². The predicted molar refractivity (Wildman–Crippen MR) is 79.6 cm³/mol. The molecule has 0 spiro atoms. The molecule has 0 atom stereocenters. The van der Waals surface area contributed by atoms with Gasteiger partial charge in [-0.2, -0.15) is 5.10 Å². The van der Waals surface area contributed by atoms with Gasteiger partial charge in [0.25, 0.3) is 10.0 Å². The monoisotopic (exact) mass is 334 g/mol. The zero-order valence-corrected chi connectivity index (χ0v) is 13.0. The maximum atomic E-state index is 12.4. The maximum absolute atomic E-state index is 12.4. The molecule has 0 radical (unpaired) electrons. The van der Waals surface area contributed by atoms with E-state index < -0.39 is 10.0 Å². The van der Waals surface area contributed by atoms with E-state index >= 15 is 0 Å². The summed E-state index contributed by atoms with van der Waals surface area (Å²) in [5, 5.41) is 4.47. The van der Waals surface area contributed by atoms with Crippen molar-refractivity contribution < 1.29 is 8.42 Å². The quantitative estimate of drug-likeness (QED) is 0.901. The first kappa shape index (κ1) is 15.0. The molecule has 9 heteroatoms. The summed E-state index contributed by atoms with van der Waals surface area (Å²) in [7, 11) is -2.29. The van der Waals surface area contributed by atoms with Crippen LogP contribution in [-0.2, 0) is 17.1 Å². The number of halogens is 2. The van der Waals surface area contributed by atoms with Crippen molar-refractivity contribution in [2.24, 2.45) is 7.05 Å². The van der Waals surface area contributed by atoms with Crippen molar-refractivity contribution in [1.29, 1.82) is 0 Å². The van der Waals surface area contributed by atoms with Gasteiger partial charge in [0.05, 0.1) is 16.4 Å². The van der Waals surface area contributed by atoms with E-state index in [1.807, 2.05) is 0 Å². The van der Waals surface area contributed by atoms with E-state index in [-0.39, 0.29) is 21.4 Å². The largest absolute Gasteiger partial charge is 0.381 e. The summed E-state index contributed by atoms with van der Waals surface area (Å²) in [6, 6.07) is 4.48. The number of nitrogens with one attached hydrogen (secondary N) is 1. The van der Waals surface area contributed by atoms with Gasteiger partial charge < -0.3 is 5.73 Å². The van der Waals surface area contributed by atoms with E-state index in [1.165, 1.54) is 16.8 Å². The summed E-state index contributed by atoms with van der Waals surface area (Å²) in [4.78, 5) is -0.0731. The van der Waals surface area contributed by atoms with E-state index in [0.29, 0.717) is 10.7 Å². The number of benzene rings is 1. The second-order valence-corrected chi connectivity index (χ2v) is 6.62. The lowest BCUT2D eigenvalue weighted by molar-refractivity contribution is 0.600. The third-order valence-corrected chi connectivity index (χ3v) is 4.84. The van der Waals surface area contributed by atoms with E-state index in [4.69, 9.17) is 28.9 Å². The fourth-order valence-electron chi connectivity index (χ4n) is 1.72. The third kappa shape index (κ3) is 2.70. The molecule has 0 bridgehead atoms. The SMILES string of the molecule is Cc1c(S(=O)(=O)Nc2cc(Cl)ccc2Cl)c(N)nn1C. The highest BCUT2D eigenvalue weighted by molar-refractivity contribution is 7.93. The molecule has 0 saturated heterocycles. The number of anilines is 2. The number of rotatable bonds is 3. The highest BCUT2D eigenvalue weighted by Crippen LogP contribution is 2.29. The van der Waals surface area contributed by atoms with E-state index in [2.05, 4.69) is 9.82 Å². The first-order valence-corrected chi connectivity index (χ1v) is 7.73. The van der Waals surface area contributed by atoms with Crippen molar-refractivity contribution in [1.82, 2.24) is 9.78 Å². The van der Waals surface area contributed by atoms with Crippen LogP contribution in [-0.4, -0.2) is 18.2 Å². The van der Waals surface area contributed by atoms with Crippen molar-refractivity contribution in [2.75, 3.05) is 10.5 Å². The van der Waals surface area contributed by atoms with Crippen molar-refractivity contribution in [3.63, 3.8) is 0 Å². The fraction of sp³-hybridized carbons (Fsp3) is 0.182. The van der Waals surface area contributed by atoms with Crippen LogP contribution in [0.2, 0.25) is 10.0 Å². The Hall–Kier alpha value is -1.44. The molecular weight excluding hydrogens is 323 g/mol. The van der Waals surface area contributed by atoms with Gasteiger partial charge in [-0.1, -0.05) is 23.2 Å². The lowest BCUT2D eigenvalue weighted by Crippen LogP contribution is -2.15. The summed E-state index contributed by atoms with van der Waals surface area (Å²) in [5.41, 5.74) is 6.25. The predicted octanol–water partition coefficient (Wildman–Crippen LogP) is 2.42. The zero-order valence-electron chi connectivity index (χ0n) is 10.7. The Morgan fingerprint density at radius 2 is 2.00 bits per heavy atom. The lowest BCUT2D eigenvalue weighted by Gasteiger charge is -2.10. The molecular formula is C11H12Cl2N4O2S. The van der Waals surface area contributed by atoms with Crippen LogP contribution in [0.3, 0.4) is 0 Å². The van der Waals surface area contributed by atoms with Crippen LogP contribution in [0.5, 0.6) is 0 Å². The minimum Gasteiger partial charge on any atom is -0.381 e. The average molecular weight is 335 g/mol. The van der Waals surface area contributed by atoms with E-state index in [9.17, 15) is 8.42 Å². The minimum absolute atomic E-state index is 0.0731. The van der Waals surface area contributed by atoms with Crippen LogP contribution in [0.1, 0.15) is 5.69 Å². The minimum atomic E-state index is -3.89. The Morgan fingerprint density at radius 3 is 2.55 bits per heavy atom. The molecule has 0 aliphatic heterocycles. The Bertz CT molecular complexity index is 771. The molecule has 1 aromatic carbocycles. The number of nitrogens with zero attached hydrogens (tertiary/aromatic N) is 2. The molecule has 0 saturated carbocycles. The van der Waals surface area contributed by atoms with Gasteiger partial charge in [0, 0.05) is 12.1 Å². The Kier molecular flexibility index (Phi) is 3.86. The standard InChI is InChI=1S/C11H12Cl2N4O2S/c1-6-10(11(14)15-17(6)2)20(18,19)16-9-5-7(12)3-4-8(9)13/h3-5,16H,1-2H3,(H2,14,15). The smallest absolute Gasteiger partial charge is 0.267 e. The number of sulfonamides is 1. The number of aromatic nitrogens is 2. The molecule has 108 valence electrons. The average Bonchev–Trinajstić information content (AvgIpc) is 2.58. The number of nitrogens with two attached hydrogens (primary N) is 1. The second-order valence-electron chi connectivity index (χ2n) is 4.15. The van der Waals surface area contributed by atoms with Gasteiger partial charge in [0.1, 0.15) is 0 Å². The van der Waals surface area contributed by atoms with Crippen molar-refractivity contribution in [3.05, 3.63) is 33.9 Å². The molecule has 1 aromatic heterocycles. The summed E-state index contributed by atoms with van der Waals surface area (Å²) in [6.07, 6.45) is 0. The highest BCUT2D eigenvalue weighted by atomic mass is 35.5. The maximum Gasteiger partial charge on any atom is 0.267 e. The molecule has 0 amide bonds. The first-order valence-electron chi connectivity index (χ1n) is 5.49. The van der Waals surface area contributed by atoms with Crippen molar-refractivity contribution in [3.8, 4) is 0 Å². The van der Waals surface area contributed by atoms with Gasteiger partial charge in [-0.25, -0.2) is 8.42 Å². The molecule has 1 heterocycles. The summed E-state index contributed by atoms with van der Waals surface area (Å²) < 4.78 is 28.5. The molecule has 3 N–H and O–H groups in total. The normalized spacial score (nSPS) is 11.6. The lowest BCUT2D eigenvalue weighted by atomic mass is 10.3. The van der Waals surface area contributed by atoms with Gasteiger partial charge in [-0.05, 0) is 25.1 Å². The van der Waals surface area contributed by atoms with Gasteiger partial charge >= 0.3 is 0 Å². The van der Waals surface area contributed by atoms with Gasteiger partial charge in [-0.3, -0.25) is 9.40 Å². The van der Waals surface area contributed by atoms with Crippen LogP contribution in [0, 0.1) is 6.92 Å².